The zero-order valence-electron chi connectivity index (χ0n) is 22.5. The van der Waals surface area contributed by atoms with E-state index < -0.39 is 17.7 Å². The lowest BCUT2D eigenvalue weighted by molar-refractivity contribution is -0.132. The van der Waals surface area contributed by atoms with Gasteiger partial charge in [-0.1, -0.05) is 18.2 Å². The number of hydrogen-bond donors (Lipinski definition) is 1. The molecular formula is C30H31NO7. The number of benzene rings is 3. The minimum Gasteiger partial charge on any atom is -0.507 e. The molecule has 1 saturated heterocycles. The number of hydrogen-bond acceptors (Lipinski definition) is 7. The second-order valence-corrected chi connectivity index (χ2v) is 9.13. The summed E-state index contributed by atoms with van der Waals surface area (Å²) in [6, 6.07) is 13.3. The Balaban J connectivity index is 2.08. The maximum atomic E-state index is 13.6. The van der Waals surface area contributed by atoms with Gasteiger partial charge in [0.25, 0.3) is 11.7 Å². The van der Waals surface area contributed by atoms with Crippen LogP contribution in [0.15, 0.2) is 54.1 Å². The molecule has 0 aliphatic carbocycles. The number of ether oxygens (including phenoxy) is 4. The Morgan fingerprint density at radius 2 is 1.42 bits per heavy atom. The average molecular weight is 518 g/mol. The van der Waals surface area contributed by atoms with Crippen molar-refractivity contribution in [1.29, 1.82) is 0 Å². The number of anilines is 1. The van der Waals surface area contributed by atoms with Crippen molar-refractivity contribution in [2.24, 2.45) is 0 Å². The van der Waals surface area contributed by atoms with Crippen LogP contribution in [0.5, 0.6) is 23.0 Å². The fourth-order valence-electron chi connectivity index (χ4n) is 5.00. The second kappa shape index (κ2) is 10.5. The SMILES string of the molecule is COc1cc(C2/C(=C(\O)c3cc(C)cc(C)c3OC)C(=O)C(=O)N2c2cccc(C)c2)cc(OC)c1OC. The van der Waals surface area contributed by atoms with Crippen molar-refractivity contribution < 1.29 is 33.6 Å². The number of carbonyl (C=O) groups excluding carboxylic acids is 2. The Bertz CT molecular complexity index is 1430. The van der Waals surface area contributed by atoms with E-state index in [0.29, 0.717) is 39.8 Å². The monoisotopic (exact) mass is 517 g/mol. The molecule has 1 heterocycles. The van der Waals surface area contributed by atoms with Crippen molar-refractivity contribution >= 4 is 23.1 Å². The van der Waals surface area contributed by atoms with Gasteiger partial charge in [0.15, 0.2) is 11.5 Å². The lowest BCUT2D eigenvalue weighted by Gasteiger charge is -2.27. The van der Waals surface area contributed by atoms with Gasteiger partial charge in [-0.3, -0.25) is 14.5 Å². The molecule has 1 atom stereocenters. The van der Waals surface area contributed by atoms with Gasteiger partial charge >= 0.3 is 0 Å². The number of amides is 1. The van der Waals surface area contributed by atoms with Gasteiger partial charge in [-0.2, -0.15) is 0 Å². The van der Waals surface area contributed by atoms with Crippen LogP contribution in [0, 0.1) is 20.8 Å². The predicted octanol–water partition coefficient (Wildman–Crippen LogP) is 5.27. The van der Waals surface area contributed by atoms with Gasteiger partial charge in [-0.05, 0) is 73.4 Å². The molecule has 3 aromatic carbocycles. The summed E-state index contributed by atoms with van der Waals surface area (Å²) in [7, 11) is 5.96. The number of rotatable bonds is 7. The summed E-state index contributed by atoms with van der Waals surface area (Å²) in [5.41, 5.74) is 3.80. The lowest BCUT2D eigenvalue weighted by atomic mass is 9.93. The summed E-state index contributed by atoms with van der Waals surface area (Å²) in [6.45, 7) is 5.63. The Morgan fingerprint density at radius 3 is 1.97 bits per heavy atom. The molecule has 1 amide bonds. The van der Waals surface area contributed by atoms with E-state index in [4.69, 9.17) is 18.9 Å². The van der Waals surface area contributed by atoms with Crippen molar-refractivity contribution in [3.63, 3.8) is 0 Å². The van der Waals surface area contributed by atoms with Gasteiger partial charge in [-0.25, -0.2) is 0 Å². The molecule has 4 rings (SSSR count). The first kappa shape index (κ1) is 26.6. The van der Waals surface area contributed by atoms with Gasteiger partial charge < -0.3 is 24.1 Å². The van der Waals surface area contributed by atoms with Gasteiger partial charge in [0.1, 0.15) is 11.5 Å². The van der Waals surface area contributed by atoms with E-state index in [1.807, 2.05) is 45.0 Å². The van der Waals surface area contributed by atoms with Crippen LogP contribution in [0.1, 0.15) is 33.9 Å². The standard InChI is InChI=1S/C30H31NO7/c1-16-9-8-10-20(12-16)31-25(19-14-22(35-4)29(38-7)23(15-19)36-5)24(27(33)30(31)34)26(32)21-13-17(2)11-18(3)28(21)37-6/h8-15,25,32H,1-7H3/b26-24+. The highest BCUT2D eigenvalue weighted by molar-refractivity contribution is 6.51. The molecule has 0 spiro atoms. The number of aryl methyl sites for hydroxylation is 3. The third-order valence-corrected chi connectivity index (χ3v) is 6.61. The first-order valence-corrected chi connectivity index (χ1v) is 12.0. The van der Waals surface area contributed by atoms with Crippen molar-refractivity contribution in [3.05, 3.63) is 81.9 Å². The largest absolute Gasteiger partial charge is 0.507 e. The van der Waals surface area contributed by atoms with E-state index in [-0.39, 0.29) is 11.3 Å². The Morgan fingerprint density at radius 1 is 0.789 bits per heavy atom. The summed E-state index contributed by atoms with van der Waals surface area (Å²) in [6.07, 6.45) is 0. The van der Waals surface area contributed by atoms with Gasteiger partial charge in [0, 0.05) is 5.69 Å². The van der Waals surface area contributed by atoms with E-state index >= 15 is 0 Å². The molecule has 0 bridgehead atoms. The van der Waals surface area contributed by atoms with Gasteiger partial charge in [0.05, 0.1) is 45.6 Å². The molecule has 3 aromatic rings. The quantitative estimate of drug-likeness (QED) is 0.259. The number of carbonyl (C=O) groups is 2. The van der Waals surface area contributed by atoms with Gasteiger partial charge in [-0.15, -0.1) is 0 Å². The van der Waals surface area contributed by atoms with Crippen LogP contribution in [0.3, 0.4) is 0 Å². The van der Waals surface area contributed by atoms with E-state index in [0.717, 1.165) is 16.7 Å². The van der Waals surface area contributed by atoms with Crippen LogP contribution in [0.25, 0.3) is 5.76 Å². The predicted molar refractivity (Wildman–Crippen MR) is 145 cm³/mol. The normalized spacial score (nSPS) is 16.5. The minimum atomic E-state index is -0.990. The number of nitrogens with zero attached hydrogens (tertiary/aromatic N) is 1. The van der Waals surface area contributed by atoms with Crippen LogP contribution in [-0.2, 0) is 9.59 Å². The second-order valence-electron chi connectivity index (χ2n) is 9.13. The smallest absolute Gasteiger partial charge is 0.300 e. The number of ketones is 1. The third-order valence-electron chi connectivity index (χ3n) is 6.61. The van der Waals surface area contributed by atoms with Crippen LogP contribution in [0.4, 0.5) is 5.69 Å². The molecule has 1 fully saturated rings. The van der Waals surface area contributed by atoms with Gasteiger partial charge in [0.2, 0.25) is 5.75 Å². The molecule has 0 aromatic heterocycles. The Kier molecular flexibility index (Phi) is 7.35. The van der Waals surface area contributed by atoms with Crippen LogP contribution >= 0.6 is 0 Å². The highest BCUT2D eigenvalue weighted by Gasteiger charge is 2.47. The third kappa shape index (κ3) is 4.42. The molecule has 8 heteroatoms. The lowest BCUT2D eigenvalue weighted by Crippen LogP contribution is -2.29. The van der Waals surface area contributed by atoms with Crippen LogP contribution in [0.2, 0.25) is 0 Å². The molecule has 38 heavy (non-hydrogen) atoms. The highest BCUT2D eigenvalue weighted by Crippen LogP contribution is 2.48. The number of aliphatic hydroxyl groups is 1. The van der Waals surface area contributed by atoms with E-state index in [2.05, 4.69) is 0 Å². The summed E-state index contributed by atoms with van der Waals surface area (Å²) in [5.74, 6) is -0.439. The summed E-state index contributed by atoms with van der Waals surface area (Å²) < 4.78 is 22.2. The topological polar surface area (TPSA) is 94.5 Å². The van der Waals surface area contributed by atoms with Crippen molar-refractivity contribution in [1.82, 2.24) is 0 Å². The van der Waals surface area contributed by atoms with E-state index in [1.165, 1.54) is 33.3 Å². The van der Waals surface area contributed by atoms with Crippen molar-refractivity contribution in [2.45, 2.75) is 26.8 Å². The molecule has 1 aliphatic heterocycles. The molecule has 1 unspecified atom stereocenters. The minimum absolute atomic E-state index is 0.0749. The Labute approximate surface area is 222 Å². The van der Waals surface area contributed by atoms with Crippen molar-refractivity contribution in [2.75, 3.05) is 33.3 Å². The van der Waals surface area contributed by atoms with Crippen molar-refractivity contribution in [3.8, 4) is 23.0 Å². The fourth-order valence-corrected chi connectivity index (χ4v) is 5.00. The number of aliphatic hydroxyl groups excluding tert-OH is 1. The molecule has 8 nitrogen and oxygen atoms in total. The number of Topliss-reactive ketones (excluding diaryl/α,β-unsaturated/α-hetero) is 1. The summed E-state index contributed by atoms with van der Waals surface area (Å²) in [4.78, 5) is 28.6. The maximum Gasteiger partial charge on any atom is 0.300 e. The fraction of sp³-hybridized carbons (Fsp3) is 0.267. The summed E-state index contributed by atoms with van der Waals surface area (Å²) in [5, 5.41) is 11.7. The maximum absolute atomic E-state index is 13.6. The zero-order valence-corrected chi connectivity index (χ0v) is 22.5. The van der Waals surface area contributed by atoms with E-state index in [1.54, 1.807) is 24.3 Å². The first-order valence-electron chi connectivity index (χ1n) is 12.0. The highest BCUT2D eigenvalue weighted by atomic mass is 16.5. The molecule has 198 valence electrons. The first-order chi connectivity index (χ1) is 18.2. The molecule has 0 radical (unpaired) electrons. The molecular weight excluding hydrogens is 486 g/mol. The summed E-state index contributed by atoms with van der Waals surface area (Å²) >= 11 is 0. The van der Waals surface area contributed by atoms with Crippen LogP contribution in [-0.4, -0.2) is 45.2 Å². The van der Waals surface area contributed by atoms with Crippen LogP contribution < -0.4 is 23.8 Å². The van der Waals surface area contributed by atoms with E-state index in [9.17, 15) is 14.7 Å². The Hall–Kier alpha value is -4.46. The zero-order chi connectivity index (χ0) is 27.7. The average Bonchev–Trinajstić information content (AvgIpc) is 3.17. The molecule has 1 aliphatic rings. The number of methoxy groups -OCH3 is 4. The molecule has 0 saturated carbocycles. The molecule has 1 N–H and O–H groups in total.